The average Bonchev–Trinajstić information content (AvgIpc) is 2.36. The van der Waals surface area contributed by atoms with Gasteiger partial charge in [-0.3, -0.25) is 4.79 Å². The smallest absolute Gasteiger partial charge is 0.331 e. The normalized spacial score (nSPS) is 12.2. The van der Waals surface area contributed by atoms with E-state index in [0.29, 0.717) is 0 Å². The molecule has 20 heavy (non-hydrogen) atoms. The third kappa shape index (κ3) is 4.81. The lowest BCUT2D eigenvalue weighted by molar-refractivity contribution is -0.153. The minimum absolute atomic E-state index is 0.247. The van der Waals surface area contributed by atoms with Crippen molar-refractivity contribution >= 4 is 33.9 Å². The molecule has 1 aromatic carbocycles. The van der Waals surface area contributed by atoms with E-state index in [1.165, 1.54) is 11.0 Å². The van der Waals surface area contributed by atoms with E-state index in [2.05, 4.69) is 15.9 Å². The maximum atomic E-state index is 11.6. The van der Waals surface area contributed by atoms with Crippen LogP contribution < -0.4 is 0 Å². The number of ether oxygens (including phenoxy) is 1. The van der Waals surface area contributed by atoms with Crippen molar-refractivity contribution in [3.8, 4) is 0 Å². The Kier molecular flexibility index (Phi) is 5.95. The predicted octanol–water partition coefficient (Wildman–Crippen LogP) is 2.79. The Bertz CT molecular complexity index is 538. The number of esters is 1. The molecule has 4 nitrogen and oxygen atoms in total. The zero-order valence-electron chi connectivity index (χ0n) is 12.0. The molecule has 0 fully saturated rings. The van der Waals surface area contributed by atoms with Gasteiger partial charge in [-0.1, -0.05) is 28.1 Å². The van der Waals surface area contributed by atoms with Crippen LogP contribution in [0.3, 0.4) is 0 Å². The highest BCUT2D eigenvalue weighted by Gasteiger charge is 2.17. The fourth-order valence-electron chi connectivity index (χ4n) is 1.55. The van der Waals surface area contributed by atoms with Crippen LogP contribution in [0.15, 0.2) is 28.7 Å². The molecule has 5 heteroatoms. The highest BCUT2D eigenvalue weighted by molar-refractivity contribution is 9.10. The first-order chi connectivity index (χ1) is 9.31. The molecule has 0 aliphatic heterocycles. The molecule has 0 saturated carbocycles. The number of benzene rings is 1. The van der Waals surface area contributed by atoms with Gasteiger partial charge in [0, 0.05) is 24.6 Å². The van der Waals surface area contributed by atoms with Gasteiger partial charge in [-0.25, -0.2) is 4.79 Å². The third-order valence-corrected chi connectivity index (χ3v) is 3.32. The third-order valence-electron chi connectivity index (χ3n) is 2.64. The summed E-state index contributed by atoms with van der Waals surface area (Å²) in [6.45, 7) is 3.54. The van der Waals surface area contributed by atoms with Crippen LogP contribution in [-0.4, -0.2) is 37.0 Å². The van der Waals surface area contributed by atoms with Crippen LogP contribution in [0.4, 0.5) is 0 Å². The Morgan fingerprint density at radius 1 is 1.35 bits per heavy atom. The number of carbonyl (C=O) groups excluding carboxylic acids is 2. The Labute approximate surface area is 127 Å². The monoisotopic (exact) mass is 339 g/mol. The molecule has 0 saturated heterocycles. The van der Waals surface area contributed by atoms with E-state index in [1.807, 2.05) is 25.1 Å². The number of carbonyl (C=O) groups is 2. The Morgan fingerprint density at radius 3 is 2.55 bits per heavy atom. The number of hydrogen-bond donors (Lipinski definition) is 0. The Hall–Kier alpha value is -1.62. The van der Waals surface area contributed by atoms with E-state index in [4.69, 9.17) is 4.74 Å². The quantitative estimate of drug-likeness (QED) is 0.626. The minimum atomic E-state index is -0.788. The minimum Gasteiger partial charge on any atom is -0.449 e. The summed E-state index contributed by atoms with van der Waals surface area (Å²) in [4.78, 5) is 24.6. The van der Waals surface area contributed by atoms with Gasteiger partial charge in [-0.2, -0.15) is 0 Å². The van der Waals surface area contributed by atoms with Crippen LogP contribution in [0, 0.1) is 6.92 Å². The maximum absolute atomic E-state index is 11.6. The standard InChI is InChI=1S/C15H18BrNO3/c1-10-5-6-12(13(16)9-10)7-8-14(18)20-11(2)15(19)17(3)4/h5-9,11H,1-4H3/b8-7+/t11-/m0/s1. The maximum Gasteiger partial charge on any atom is 0.331 e. The molecule has 108 valence electrons. The van der Waals surface area contributed by atoms with Gasteiger partial charge in [-0.15, -0.1) is 0 Å². The lowest BCUT2D eigenvalue weighted by Gasteiger charge is -2.16. The zero-order valence-corrected chi connectivity index (χ0v) is 13.6. The molecular weight excluding hydrogens is 322 g/mol. The molecule has 0 radical (unpaired) electrons. The van der Waals surface area contributed by atoms with E-state index in [-0.39, 0.29) is 5.91 Å². The highest BCUT2D eigenvalue weighted by atomic mass is 79.9. The average molecular weight is 340 g/mol. The van der Waals surface area contributed by atoms with E-state index >= 15 is 0 Å². The molecule has 0 bridgehead atoms. The van der Waals surface area contributed by atoms with E-state index in [0.717, 1.165) is 15.6 Å². The van der Waals surface area contributed by atoms with Gasteiger partial charge in [0.15, 0.2) is 6.10 Å². The van der Waals surface area contributed by atoms with Crippen LogP contribution in [0.2, 0.25) is 0 Å². The molecule has 0 aromatic heterocycles. The molecule has 0 aliphatic rings. The first-order valence-corrected chi connectivity index (χ1v) is 6.96. The second-order valence-electron chi connectivity index (χ2n) is 4.67. The van der Waals surface area contributed by atoms with Gasteiger partial charge in [0.1, 0.15) is 0 Å². The predicted molar refractivity (Wildman–Crippen MR) is 82.2 cm³/mol. The molecular formula is C15H18BrNO3. The van der Waals surface area contributed by atoms with Crippen LogP contribution in [-0.2, 0) is 14.3 Å². The van der Waals surface area contributed by atoms with E-state index < -0.39 is 12.1 Å². The SMILES string of the molecule is Cc1ccc(/C=C/C(=O)O[C@@H](C)C(=O)N(C)C)c(Br)c1. The van der Waals surface area contributed by atoms with Crippen LogP contribution in [0.5, 0.6) is 0 Å². The second kappa shape index (κ2) is 7.24. The van der Waals surface area contributed by atoms with E-state index in [1.54, 1.807) is 27.1 Å². The summed E-state index contributed by atoms with van der Waals surface area (Å²) in [6, 6.07) is 5.81. The second-order valence-corrected chi connectivity index (χ2v) is 5.52. The number of hydrogen-bond acceptors (Lipinski definition) is 3. The summed E-state index contributed by atoms with van der Waals surface area (Å²) in [7, 11) is 3.23. The van der Waals surface area contributed by atoms with E-state index in [9.17, 15) is 9.59 Å². The van der Waals surface area contributed by atoms with Crippen LogP contribution >= 0.6 is 15.9 Å². The number of nitrogens with zero attached hydrogens (tertiary/aromatic N) is 1. The molecule has 1 aromatic rings. The molecule has 0 aliphatic carbocycles. The summed E-state index contributed by atoms with van der Waals surface area (Å²) >= 11 is 3.43. The summed E-state index contributed by atoms with van der Waals surface area (Å²) in [6.07, 6.45) is 2.18. The van der Waals surface area contributed by atoms with Crippen molar-refractivity contribution in [3.63, 3.8) is 0 Å². The summed E-state index contributed by atoms with van der Waals surface area (Å²) < 4.78 is 5.93. The van der Waals surface area contributed by atoms with Gasteiger partial charge in [0.25, 0.3) is 5.91 Å². The number of aryl methyl sites for hydroxylation is 1. The molecule has 1 rings (SSSR count). The van der Waals surface area contributed by atoms with Crippen molar-refractivity contribution in [2.45, 2.75) is 20.0 Å². The Balaban J connectivity index is 2.66. The molecule has 0 N–H and O–H groups in total. The van der Waals surface area contributed by atoms with Gasteiger partial charge in [0.2, 0.25) is 0 Å². The number of likely N-dealkylation sites (N-methyl/N-ethyl adjacent to an activating group) is 1. The number of rotatable bonds is 4. The zero-order chi connectivity index (χ0) is 15.3. The first-order valence-electron chi connectivity index (χ1n) is 6.17. The summed E-state index contributed by atoms with van der Waals surface area (Å²) in [5.74, 6) is -0.788. The van der Waals surface area contributed by atoms with Gasteiger partial charge >= 0.3 is 5.97 Å². The first kappa shape index (κ1) is 16.4. The number of amides is 1. The summed E-state index contributed by atoms with van der Waals surface area (Å²) in [5, 5.41) is 0. The van der Waals surface area contributed by atoms with Gasteiger partial charge in [-0.05, 0) is 37.1 Å². The lowest BCUT2D eigenvalue weighted by atomic mass is 10.1. The van der Waals surface area contributed by atoms with Crippen molar-refractivity contribution in [1.29, 1.82) is 0 Å². The number of halogens is 1. The Morgan fingerprint density at radius 2 is 2.00 bits per heavy atom. The topological polar surface area (TPSA) is 46.6 Å². The van der Waals surface area contributed by atoms with Crippen molar-refractivity contribution in [2.75, 3.05) is 14.1 Å². The van der Waals surface area contributed by atoms with Gasteiger partial charge < -0.3 is 9.64 Å². The van der Waals surface area contributed by atoms with Crippen molar-refractivity contribution in [1.82, 2.24) is 4.90 Å². The molecule has 0 heterocycles. The molecule has 1 amide bonds. The highest BCUT2D eigenvalue weighted by Crippen LogP contribution is 2.19. The molecule has 0 spiro atoms. The van der Waals surface area contributed by atoms with Crippen LogP contribution in [0.1, 0.15) is 18.1 Å². The van der Waals surface area contributed by atoms with Crippen molar-refractivity contribution in [3.05, 3.63) is 39.9 Å². The van der Waals surface area contributed by atoms with Gasteiger partial charge in [0.05, 0.1) is 0 Å². The fourth-order valence-corrected chi connectivity index (χ4v) is 2.18. The van der Waals surface area contributed by atoms with Crippen molar-refractivity contribution < 1.29 is 14.3 Å². The fraction of sp³-hybridized carbons (Fsp3) is 0.333. The van der Waals surface area contributed by atoms with Crippen molar-refractivity contribution in [2.24, 2.45) is 0 Å². The largest absolute Gasteiger partial charge is 0.449 e. The van der Waals surface area contributed by atoms with Crippen LogP contribution in [0.25, 0.3) is 6.08 Å². The molecule has 0 unspecified atom stereocenters. The summed E-state index contributed by atoms with van der Waals surface area (Å²) in [5.41, 5.74) is 2.00. The lowest BCUT2D eigenvalue weighted by Crippen LogP contribution is -2.34. The molecule has 1 atom stereocenters.